The summed E-state index contributed by atoms with van der Waals surface area (Å²) in [5, 5.41) is 2.86. The van der Waals surface area contributed by atoms with Crippen LogP contribution in [0.1, 0.15) is 29.5 Å². The van der Waals surface area contributed by atoms with Crippen LogP contribution in [0.5, 0.6) is 0 Å². The summed E-state index contributed by atoms with van der Waals surface area (Å²) in [5.74, 6) is 0.442. The molecule has 0 saturated heterocycles. The number of rotatable bonds is 6. The maximum absolute atomic E-state index is 11.8. The average molecular weight is 226 g/mol. The van der Waals surface area contributed by atoms with Gasteiger partial charge in [-0.2, -0.15) is 0 Å². The highest BCUT2D eigenvalue weighted by Gasteiger charge is 2.13. The second kappa shape index (κ2) is 6.30. The van der Waals surface area contributed by atoms with Gasteiger partial charge in [0.1, 0.15) is 12.0 Å². The van der Waals surface area contributed by atoms with E-state index >= 15 is 0 Å². The smallest absolute Gasteiger partial charge is 0.254 e. The van der Waals surface area contributed by atoms with Crippen LogP contribution in [0.2, 0.25) is 0 Å². The summed E-state index contributed by atoms with van der Waals surface area (Å²) in [6.07, 6.45) is 2.23. The van der Waals surface area contributed by atoms with E-state index < -0.39 is 0 Å². The fraction of sp³-hybridized carbons (Fsp3) is 0.545. The van der Waals surface area contributed by atoms with E-state index in [1.165, 1.54) is 6.26 Å². The van der Waals surface area contributed by atoms with E-state index in [1.807, 2.05) is 6.92 Å². The molecule has 1 aromatic heterocycles. The molecule has 1 unspecified atom stereocenters. The number of furan rings is 1. The minimum atomic E-state index is -0.160. The molecule has 0 aliphatic heterocycles. The molecule has 1 rings (SSSR count). The number of ether oxygens (including phenoxy) is 1. The highest BCUT2D eigenvalue weighted by atomic mass is 16.5. The van der Waals surface area contributed by atoms with Crippen LogP contribution in [-0.4, -0.2) is 25.7 Å². The Morgan fingerprint density at radius 2 is 2.44 bits per heavy atom. The van der Waals surface area contributed by atoms with Crippen LogP contribution in [0.25, 0.3) is 0 Å². The summed E-state index contributed by atoms with van der Waals surface area (Å²) in [5.41, 5.74) is 5.89. The molecule has 5 nitrogen and oxygen atoms in total. The van der Waals surface area contributed by atoms with Crippen LogP contribution in [-0.2, 0) is 11.3 Å². The summed E-state index contributed by atoms with van der Waals surface area (Å²) < 4.78 is 10.1. The van der Waals surface area contributed by atoms with Crippen molar-refractivity contribution in [3.63, 3.8) is 0 Å². The Balaban J connectivity index is 2.56. The number of hydrogen-bond acceptors (Lipinski definition) is 4. The predicted octanol–water partition coefficient (Wildman–Crippen LogP) is 0.893. The lowest BCUT2D eigenvalue weighted by Crippen LogP contribution is -2.37. The van der Waals surface area contributed by atoms with Crippen molar-refractivity contribution in [3.8, 4) is 0 Å². The summed E-state index contributed by atoms with van der Waals surface area (Å²) in [6, 6.07) is 1.67. The first-order valence-corrected chi connectivity index (χ1v) is 5.28. The Morgan fingerprint density at radius 1 is 1.69 bits per heavy atom. The molecule has 1 atom stereocenters. The lowest BCUT2D eigenvalue weighted by atomic mass is 10.2. The standard InChI is InChI=1S/C11H18N2O3/c1-3-9(7-15-2)13-11(14)8-4-10(5-12)16-6-8/h4,6,9H,3,5,7,12H2,1-2H3,(H,13,14). The third-order valence-corrected chi connectivity index (χ3v) is 2.31. The quantitative estimate of drug-likeness (QED) is 0.755. The summed E-state index contributed by atoms with van der Waals surface area (Å²) in [7, 11) is 1.61. The van der Waals surface area contributed by atoms with Gasteiger partial charge in [0.15, 0.2) is 0 Å². The minimum Gasteiger partial charge on any atom is -0.467 e. The first-order chi connectivity index (χ1) is 7.71. The van der Waals surface area contributed by atoms with Gasteiger partial charge in [0, 0.05) is 7.11 Å². The fourth-order valence-corrected chi connectivity index (χ4v) is 1.34. The van der Waals surface area contributed by atoms with Crippen LogP contribution in [0, 0.1) is 0 Å². The van der Waals surface area contributed by atoms with Gasteiger partial charge in [-0.3, -0.25) is 4.79 Å². The summed E-state index contributed by atoms with van der Waals surface area (Å²) in [4.78, 5) is 11.8. The molecular weight excluding hydrogens is 208 g/mol. The van der Waals surface area contributed by atoms with Crippen LogP contribution in [0.15, 0.2) is 16.7 Å². The van der Waals surface area contributed by atoms with Gasteiger partial charge >= 0.3 is 0 Å². The molecule has 0 saturated carbocycles. The number of methoxy groups -OCH3 is 1. The van der Waals surface area contributed by atoms with Crippen LogP contribution < -0.4 is 11.1 Å². The Kier molecular flexibility index (Phi) is 5.01. The molecule has 3 N–H and O–H groups in total. The van der Waals surface area contributed by atoms with Crippen molar-refractivity contribution >= 4 is 5.91 Å². The Morgan fingerprint density at radius 3 is 2.94 bits per heavy atom. The molecule has 1 heterocycles. The molecule has 1 aromatic rings. The molecule has 0 fully saturated rings. The Bertz CT molecular complexity index is 336. The van der Waals surface area contributed by atoms with E-state index in [0.717, 1.165) is 6.42 Å². The first-order valence-electron chi connectivity index (χ1n) is 5.28. The van der Waals surface area contributed by atoms with Crippen molar-refractivity contribution in [1.29, 1.82) is 0 Å². The van der Waals surface area contributed by atoms with Gasteiger partial charge in [-0.15, -0.1) is 0 Å². The van der Waals surface area contributed by atoms with Crippen molar-refractivity contribution in [3.05, 3.63) is 23.7 Å². The molecule has 16 heavy (non-hydrogen) atoms. The van der Waals surface area contributed by atoms with Gasteiger partial charge in [0.2, 0.25) is 0 Å². The number of nitrogens with one attached hydrogen (secondary N) is 1. The van der Waals surface area contributed by atoms with Gasteiger partial charge < -0.3 is 20.2 Å². The summed E-state index contributed by atoms with van der Waals surface area (Å²) in [6.45, 7) is 2.79. The molecule has 0 aromatic carbocycles. The van der Waals surface area contributed by atoms with Crippen molar-refractivity contribution in [2.45, 2.75) is 25.9 Å². The topological polar surface area (TPSA) is 77.5 Å². The Labute approximate surface area is 94.9 Å². The fourth-order valence-electron chi connectivity index (χ4n) is 1.34. The maximum Gasteiger partial charge on any atom is 0.254 e. The molecule has 5 heteroatoms. The summed E-state index contributed by atoms with van der Waals surface area (Å²) >= 11 is 0. The average Bonchev–Trinajstić information content (AvgIpc) is 2.76. The third kappa shape index (κ3) is 3.36. The lowest BCUT2D eigenvalue weighted by Gasteiger charge is -2.14. The molecule has 0 spiro atoms. The number of nitrogens with two attached hydrogens (primary N) is 1. The van der Waals surface area contributed by atoms with Crippen LogP contribution in [0.4, 0.5) is 0 Å². The van der Waals surface area contributed by atoms with Crippen LogP contribution >= 0.6 is 0 Å². The molecular formula is C11H18N2O3. The molecule has 1 amide bonds. The number of carbonyl (C=O) groups excluding carboxylic acids is 1. The van der Waals surface area contributed by atoms with Crippen molar-refractivity contribution in [2.24, 2.45) is 5.73 Å². The van der Waals surface area contributed by atoms with Crippen molar-refractivity contribution < 1.29 is 13.9 Å². The first kappa shape index (κ1) is 12.7. The third-order valence-electron chi connectivity index (χ3n) is 2.31. The number of carbonyl (C=O) groups is 1. The maximum atomic E-state index is 11.8. The molecule has 0 aliphatic rings. The number of hydrogen-bond donors (Lipinski definition) is 2. The van der Waals surface area contributed by atoms with Gasteiger partial charge in [-0.05, 0) is 12.5 Å². The normalized spacial score (nSPS) is 12.4. The second-order valence-electron chi connectivity index (χ2n) is 3.54. The highest BCUT2D eigenvalue weighted by molar-refractivity contribution is 5.94. The van der Waals surface area contributed by atoms with Gasteiger partial charge in [-0.1, -0.05) is 6.92 Å². The van der Waals surface area contributed by atoms with E-state index in [2.05, 4.69) is 5.32 Å². The van der Waals surface area contributed by atoms with Crippen molar-refractivity contribution in [1.82, 2.24) is 5.32 Å². The van der Waals surface area contributed by atoms with Crippen molar-refractivity contribution in [2.75, 3.05) is 13.7 Å². The van der Waals surface area contributed by atoms with Gasteiger partial charge in [0.05, 0.1) is 24.8 Å². The van der Waals surface area contributed by atoms with Crippen LogP contribution in [0.3, 0.4) is 0 Å². The molecule has 0 bridgehead atoms. The highest BCUT2D eigenvalue weighted by Crippen LogP contribution is 2.07. The monoisotopic (exact) mass is 226 g/mol. The van der Waals surface area contributed by atoms with Gasteiger partial charge in [-0.25, -0.2) is 0 Å². The Hall–Kier alpha value is -1.33. The number of amides is 1. The lowest BCUT2D eigenvalue weighted by molar-refractivity contribution is 0.0894. The largest absolute Gasteiger partial charge is 0.467 e. The molecule has 0 aliphatic carbocycles. The van der Waals surface area contributed by atoms with E-state index in [9.17, 15) is 4.79 Å². The SMILES string of the molecule is CCC(COC)NC(=O)c1coc(CN)c1. The molecule has 90 valence electrons. The minimum absolute atomic E-state index is 0.0220. The predicted molar refractivity (Wildman–Crippen MR) is 60.0 cm³/mol. The zero-order valence-corrected chi connectivity index (χ0v) is 9.66. The van der Waals surface area contributed by atoms with E-state index in [-0.39, 0.29) is 11.9 Å². The zero-order chi connectivity index (χ0) is 12.0. The van der Waals surface area contributed by atoms with E-state index in [0.29, 0.717) is 24.5 Å². The molecule has 0 radical (unpaired) electrons. The van der Waals surface area contributed by atoms with E-state index in [4.69, 9.17) is 14.9 Å². The van der Waals surface area contributed by atoms with Gasteiger partial charge in [0.25, 0.3) is 5.91 Å². The zero-order valence-electron chi connectivity index (χ0n) is 9.66. The van der Waals surface area contributed by atoms with E-state index in [1.54, 1.807) is 13.2 Å². The second-order valence-corrected chi connectivity index (χ2v) is 3.54.